The molecule has 0 spiro atoms. The molecule has 0 saturated heterocycles. The quantitative estimate of drug-likeness (QED) is 0.851. The van der Waals surface area contributed by atoms with Crippen LogP contribution in [-0.2, 0) is 6.18 Å². The lowest BCUT2D eigenvalue weighted by Crippen LogP contribution is -2.10. The topological polar surface area (TPSA) is 60.2 Å². The van der Waals surface area contributed by atoms with Crippen LogP contribution in [0.3, 0.4) is 0 Å². The first-order chi connectivity index (χ1) is 9.81. The Morgan fingerprint density at radius 1 is 1.19 bits per heavy atom. The van der Waals surface area contributed by atoms with Crippen LogP contribution in [0.25, 0.3) is 0 Å². The van der Waals surface area contributed by atoms with E-state index in [4.69, 9.17) is 10.5 Å². The second-order valence-electron chi connectivity index (χ2n) is 4.13. The van der Waals surface area contributed by atoms with Crippen molar-refractivity contribution in [2.45, 2.75) is 6.18 Å². The van der Waals surface area contributed by atoms with Crippen LogP contribution in [0.15, 0.2) is 30.5 Å². The number of anilines is 3. The molecule has 1 heterocycles. The summed E-state index contributed by atoms with van der Waals surface area (Å²) in [5, 5.41) is 2.51. The molecule has 112 valence electrons. The zero-order valence-electron chi connectivity index (χ0n) is 10.8. The predicted molar refractivity (Wildman–Crippen MR) is 69.9 cm³/mol. The number of halogens is 4. The van der Waals surface area contributed by atoms with Crippen LogP contribution in [0.2, 0.25) is 0 Å². The fourth-order valence-electron chi connectivity index (χ4n) is 1.60. The van der Waals surface area contributed by atoms with Crippen LogP contribution in [0.1, 0.15) is 5.69 Å². The highest BCUT2D eigenvalue weighted by Crippen LogP contribution is 2.33. The van der Waals surface area contributed by atoms with Gasteiger partial charge in [0.25, 0.3) is 0 Å². The minimum atomic E-state index is -4.61. The number of hydrogen-bond donors (Lipinski definition) is 2. The van der Waals surface area contributed by atoms with E-state index in [9.17, 15) is 17.6 Å². The third kappa shape index (κ3) is 3.33. The molecule has 0 radical (unpaired) electrons. The minimum Gasteiger partial charge on any atom is -0.497 e. The van der Waals surface area contributed by atoms with Crippen LogP contribution >= 0.6 is 0 Å². The number of ether oxygens (including phenoxy) is 1. The molecule has 0 bridgehead atoms. The van der Waals surface area contributed by atoms with Gasteiger partial charge >= 0.3 is 6.18 Å². The third-order valence-corrected chi connectivity index (χ3v) is 2.67. The molecule has 0 fully saturated rings. The maximum atomic E-state index is 13.7. The monoisotopic (exact) mass is 301 g/mol. The lowest BCUT2D eigenvalue weighted by Gasteiger charge is -2.13. The zero-order chi connectivity index (χ0) is 15.6. The van der Waals surface area contributed by atoms with Crippen molar-refractivity contribution in [1.29, 1.82) is 0 Å². The third-order valence-electron chi connectivity index (χ3n) is 2.67. The number of nitrogen functional groups attached to an aromatic ring is 1. The van der Waals surface area contributed by atoms with Gasteiger partial charge in [-0.1, -0.05) is 0 Å². The number of hydrogen-bond acceptors (Lipinski definition) is 4. The second-order valence-corrected chi connectivity index (χ2v) is 4.13. The van der Waals surface area contributed by atoms with Crippen molar-refractivity contribution in [3.63, 3.8) is 0 Å². The summed E-state index contributed by atoms with van der Waals surface area (Å²) in [6.45, 7) is 0. The Bertz CT molecular complexity index is 658. The summed E-state index contributed by atoms with van der Waals surface area (Å²) >= 11 is 0. The number of benzene rings is 1. The van der Waals surface area contributed by atoms with Crippen LogP contribution < -0.4 is 15.8 Å². The Kier molecular flexibility index (Phi) is 3.88. The van der Waals surface area contributed by atoms with Gasteiger partial charge in [-0.2, -0.15) is 13.2 Å². The Balaban J connectivity index is 2.39. The number of nitrogens with zero attached hydrogens (tertiary/aromatic N) is 1. The van der Waals surface area contributed by atoms with Crippen molar-refractivity contribution in [3.8, 4) is 5.75 Å². The molecule has 2 rings (SSSR count). The van der Waals surface area contributed by atoms with E-state index in [1.54, 1.807) is 0 Å². The number of rotatable bonds is 3. The Morgan fingerprint density at radius 3 is 2.52 bits per heavy atom. The first kappa shape index (κ1) is 14.9. The molecule has 1 aromatic carbocycles. The van der Waals surface area contributed by atoms with Crippen LogP contribution in [0.4, 0.5) is 34.6 Å². The van der Waals surface area contributed by atoms with Gasteiger partial charge in [-0.15, -0.1) is 0 Å². The Morgan fingerprint density at radius 2 is 1.90 bits per heavy atom. The average Bonchev–Trinajstić information content (AvgIpc) is 2.42. The molecule has 0 saturated carbocycles. The molecule has 0 aliphatic rings. The minimum absolute atomic E-state index is 0.0368. The fraction of sp³-hybridized carbons (Fsp3) is 0.154. The fourth-order valence-corrected chi connectivity index (χ4v) is 1.60. The molecule has 0 atom stereocenters. The van der Waals surface area contributed by atoms with Crippen LogP contribution in [0, 0.1) is 5.82 Å². The van der Waals surface area contributed by atoms with Crippen molar-refractivity contribution < 1.29 is 22.3 Å². The van der Waals surface area contributed by atoms with E-state index in [-0.39, 0.29) is 17.1 Å². The normalized spacial score (nSPS) is 11.3. The van der Waals surface area contributed by atoms with E-state index >= 15 is 0 Å². The Labute approximate surface area is 117 Å². The van der Waals surface area contributed by atoms with Gasteiger partial charge in [0.05, 0.1) is 30.4 Å². The lowest BCUT2D eigenvalue weighted by molar-refractivity contribution is -0.141. The highest BCUT2D eigenvalue weighted by molar-refractivity contribution is 5.73. The summed E-state index contributed by atoms with van der Waals surface area (Å²) in [5.74, 6) is -0.303. The number of aromatic nitrogens is 1. The van der Waals surface area contributed by atoms with Crippen molar-refractivity contribution >= 4 is 17.1 Å². The molecule has 1 aromatic heterocycles. The average molecular weight is 301 g/mol. The molecule has 0 amide bonds. The van der Waals surface area contributed by atoms with Gasteiger partial charge in [-0.25, -0.2) is 9.37 Å². The summed E-state index contributed by atoms with van der Waals surface area (Å²) in [4.78, 5) is 3.20. The van der Waals surface area contributed by atoms with E-state index < -0.39 is 17.7 Å². The number of nitrogens with one attached hydrogen (secondary N) is 1. The van der Waals surface area contributed by atoms with Gasteiger partial charge in [-0.3, -0.25) is 0 Å². The maximum Gasteiger partial charge on any atom is 0.433 e. The largest absolute Gasteiger partial charge is 0.497 e. The number of pyridine rings is 1. The van der Waals surface area contributed by atoms with E-state index in [0.29, 0.717) is 11.8 Å². The van der Waals surface area contributed by atoms with Crippen LogP contribution in [0.5, 0.6) is 5.75 Å². The molecule has 2 aromatic rings. The molecule has 0 unspecified atom stereocenters. The summed E-state index contributed by atoms with van der Waals surface area (Å²) in [5.41, 5.74) is 4.25. The van der Waals surface area contributed by atoms with E-state index in [1.165, 1.54) is 19.2 Å². The van der Waals surface area contributed by atoms with Gasteiger partial charge in [0.15, 0.2) is 0 Å². The predicted octanol–water partition coefficient (Wildman–Crippen LogP) is 3.57. The van der Waals surface area contributed by atoms with Gasteiger partial charge in [0.2, 0.25) is 0 Å². The zero-order valence-corrected chi connectivity index (χ0v) is 10.8. The van der Waals surface area contributed by atoms with Gasteiger partial charge in [0, 0.05) is 6.07 Å². The molecule has 0 aliphatic carbocycles. The lowest BCUT2D eigenvalue weighted by atomic mass is 10.2. The number of alkyl halides is 3. The SMILES string of the molecule is COc1ccc(F)c(Nc2cc(C(F)(F)F)ncc2N)c1. The molecule has 8 heteroatoms. The molecule has 3 N–H and O–H groups in total. The molecule has 4 nitrogen and oxygen atoms in total. The van der Waals surface area contributed by atoms with Crippen molar-refractivity contribution in [1.82, 2.24) is 4.98 Å². The summed E-state index contributed by atoms with van der Waals surface area (Å²) in [6, 6.07) is 4.54. The van der Waals surface area contributed by atoms with Crippen molar-refractivity contribution in [3.05, 3.63) is 42.0 Å². The molecule has 21 heavy (non-hydrogen) atoms. The van der Waals surface area contributed by atoms with E-state index in [0.717, 1.165) is 12.3 Å². The van der Waals surface area contributed by atoms with Gasteiger partial charge in [-0.05, 0) is 18.2 Å². The van der Waals surface area contributed by atoms with Gasteiger partial charge < -0.3 is 15.8 Å². The number of nitrogens with two attached hydrogens (primary N) is 1. The van der Waals surface area contributed by atoms with Gasteiger partial charge in [0.1, 0.15) is 17.3 Å². The standard InChI is InChI=1S/C13H11F4N3O/c1-21-7-2-3-8(14)10(4-7)20-11-5-12(13(15,16)17)19-6-9(11)18/h2-6H,18H2,1H3,(H,19,20). The van der Waals surface area contributed by atoms with E-state index in [1.807, 2.05) is 0 Å². The summed E-state index contributed by atoms with van der Waals surface area (Å²) < 4.78 is 56.4. The van der Waals surface area contributed by atoms with E-state index in [2.05, 4.69) is 10.3 Å². The second kappa shape index (κ2) is 5.47. The highest BCUT2D eigenvalue weighted by atomic mass is 19.4. The summed E-state index contributed by atoms with van der Waals surface area (Å²) in [7, 11) is 1.39. The number of methoxy groups -OCH3 is 1. The Hall–Kier alpha value is -2.51. The molecular formula is C13H11F4N3O. The maximum absolute atomic E-state index is 13.7. The van der Waals surface area contributed by atoms with Crippen LogP contribution in [-0.4, -0.2) is 12.1 Å². The first-order valence-corrected chi connectivity index (χ1v) is 5.74. The summed E-state index contributed by atoms with van der Waals surface area (Å²) in [6.07, 6.45) is -3.75. The highest BCUT2D eigenvalue weighted by Gasteiger charge is 2.33. The van der Waals surface area contributed by atoms with Crippen molar-refractivity contribution in [2.24, 2.45) is 0 Å². The first-order valence-electron chi connectivity index (χ1n) is 5.74. The van der Waals surface area contributed by atoms with Crippen molar-refractivity contribution in [2.75, 3.05) is 18.2 Å². The molecular weight excluding hydrogens is 290 g/mol. The molecule has 0 aliphatic heterocycles. The smallest absolute Gasteiger partial charge is 0.433 e.